The molecule has 1 aromatic carbocycles. The van der Waals surface area contributed by atoms with Crippen LogP contribution in [0, 0.1) is 3.57 Å². The molecule has 2 rings (SSSR count). The molecule has 1 heterocycles. The van der Waals surface area contributed by atoms with E-state index in [0.29, 0.717) is 13.2 Å². The maximum Gasteiger partial charge on any atom is 0.237 e. The molecular weight excluding hydrogens is 331 g/mol. The van der Waals surface area contributed by atoms with E-state index in [-0.39, 0.29) is 11.9 Å². The van der Waals surface area contributed by atoms with Gasteiger partial charge in [-0.15, -0.1) is 0 Å². The molecule has 0 bridgehead atoms. The lowest BCUT2D eigenvalue weighted by atomic mass is 10.1. The Labute approximate surface area is 114 Å². The van der Waals surface area contributed by atoms with Gasteiger partial charge in [0.15, 0.2) is 0 Å². The molecule has 4 nitrogen and oxygen atoms in total. The number of nitrogens with zero attached hydrogens (tertiary/aromatic N) is 1. The third-order valence-corrected chi connectivity index (χ3v) is 3.59. The second-order valence-corrected chi connectivity index (χ2v) is 5.34. The van der Waals surface area contributed by atoms with Gasteiger partial charge in [0.1, 0.15) is 6.04 Å². The predicted octanol–water partition coefficient (Wildman–Crippen LogP) is 0.977. The molecule has 0 aromatic heterocycles. The first kappa shape index (κ1) is 12.8. The van der Waals surface area contributed by atoms with E-state index < -0.39 is 0 Å². The number of benzene rings is 1. The summed E-state index contributed by atoms with van der Waals surface area (Å²) in [5, 5.41) is 0. The van der Waals surface area contributed by atoms with Crippen LogP contribution >= 0.6 is 22.6 Å². The van der Waals surface area contributed by atoms with Crippen LogP contribution in [0.25, 0.3) is 0 Å². The van der Waals surface area contributed by atoms with Gasteiger partial charge in [-0.1, -0.05) is 12.1 Å². The summed E-state index contributed by atoms with van der Waals surface area (Å²) in [6, 6.07) is 7.98. The van der Waals surface area contributed by atoms with Gasteiger partial charge < -0.3 is 10.5 Å². The quantitative estimate of drug-likeness (QED) is 0.831. The Morgan fingerprint density at radius 1 is 1.47 bits per heavy atom. The molecule has 0 radical (unpaired) electrons. The van der Waals surface area contributed by atoms with Crippen molar-refractivity contribution >= 4 is 28.5 Å². The molecule has 0 saturated carbocycles. The topological polar surface area (TPSA) is 55.6 Å². The Morgan fingerprint density at radius 3 is 2.82 bits per heavy atom. The monoisotopic (exact) mass is 346 g/mol. The first-order valence-corrected chi connectivity index (χ1v) is 6.60. The molecule has 0 spiro atoms. The van der Waals surface area contributed by atoms with E-state index >= 15 is 0 Å². The SMILES string of the molecule is NC(=O)C1COCCN1Cc1ccc(I)cc1. The fraction of sp³-hybridized carbons (Fsp3) is 0.417. The van der Waals surface area contributed by atoms with E-state index in [1.165, 1.54) is 9.13 Å². The smallest absolute Gasteiger partial charge is 0.237 e. The Morgan fingerprint density at radius 2 is 2.18 bits per heavy atom. The van der Waals surface area contributed by atoms with Crippen LogP contribution < -0.4 is 5.73 Å². The van der Waals surface area contributed by atoms with Crippen LogP contribution in [0.3, 0.4) is 0 Å². The summed E-state index contributed by atoms with van der Waals surface area (Å²) >= 11 is 2.27. The van der Waals surface area contributed by atoms with E-state index in [4.69, 9.17) is 10.5 Å². The van der Waals surface area contributed by atoms with Crippen molar-refractivity contribution < 1.29 is 9.53 Å². The van der Waals surface area contributed by atoms with Crippen LogP contribution in [0.5, 0.6) is 0 Å². The molecule has 92 valence electrons. The van der Waals surface area contributed by atoms with Gasteiger partial charge in [0, 0.05) is 16.7 Å². The number of carbonyl (C=O) groups is 1. The van der Waals surface area contributed by atoms with Gasteiger partial charge in [-0.05, 0) is 40.3 Å². The second kappa shape index (κ2) is 5.79. The Bertz CT molecular complexity index is 394. The predicted molar refractivity (Wildman–Crippen MR) is 73.4 cm³/mol. The van der Waals surface area contributed by atoms with Gasteiger partial charge in [0.05, 0.1) is 13.2 Å². The summed E-state index contributed by atoms with van der Waals surface area (Å²) in [6.07, 6.45) is 0. The van der Waals surface area contributed by atoms with Crippen molar-refractivity contribution in [1.82, 2.24) is 4.90 Å². The lowest BCUT2D eigenvalue weighted by Crippen LogP contribution is -2.51. The van der Waals surface area contributed by atoms with Crippen molar-refractivity contribution in [1.29, 1.82) is 0 Å². The summed E-state index contributed by atoms with van der Waals surface area (Å²) in [4.78, 5) is 13.4. The van der Waals surface area contributed by atoms with Crippen molar-refractivity contribution in [2.24, 2.45) is 5.73 Å². The van der Waals surface area contributed by atoms with Gasteiger partial charge in [0.25, 0.3) is 0 Å². The molecule has 1 aliphatic rings. The summed E-state index contributed by atoms with van der Waals surface area (Å²) in [6.45, 7) is 2.56. The van der Waals surface area contributed by atoms with Crippen molar-refractivity contribution in [3.05, 3.63) is 33.4 Å². The number of rotatable bonds is 3. The molecule has 1 saturated heterocycles. The van der Waals surface area contributed by atoms with Crippen LogP contribution in [0.1, 0.15) is 5.56 Å². The van der Waals surface area contributed by atoms with Crippen molar-refractivity contribution in [3.63, 3.8) is 0 Å². The maximum atomic E-state index is 11.3. The normalized spacial score (nSPS) is 21.4. The number of hydrogen-bond donors (Lipinski definition) is 1. The molecule has 1 unspecified atom stereocenters. The zero-order valence-corrected chi connectivity index (χ0v) is 11.6. The summed E-state index contributed by atoms with van der Waals surface area (Å²) in [5.74, 6) is -0.310. The molecule has 1 aromatic rings. The standard InChI is InChI=1S/C12H15IN2O2/c13-10-3-1-9(2-4-10)7-15-5-6-17-8-11(15)12(14)16/h1-4,11H,5-8H2,(H2,14,16). The highest BCUT2D eigenvalue weighted by atomic mass is 127. The Kier molecular flexibility index (Phi) is 4.36. The molecule has 0 aliphatic carbocycles. The molecule has 17 heavy (non-hydrogen) atoms. The number of halogens is 1. The molecule has 1 aliphatic heterocycles. The van der Waals surface area contributed by atoms with Gasteiger partial charge in [0.2, 0.25) is 5.91 Å². The largest absolute Gasteiger partial charge is 0.378 e. The first-order chi connectivity index (χ1) is 8.16. The molecular formula is C12H15IN2O2. The first-order valence-electron chi connectivity index (χ1n) is 5.52. The number of ether oxygens (including phenoxy) is 1. The van der Waals surface area contributed by atoms with E-state index in [1.807, 2.05) is 0 Å². The third kappa shape index (κ3) is 3.40. The van der Waals surface area contributed by atoms with E-state index in [9.17, 15) is 4.79 Å². The van der Waals surface area contributed by atoms with Gasteiger partial charge in [-0.3, -0.25) is 9.69 Å². The fourth-order valence-corrected chi connectivity index (χ4v) is 2.27. The van der Waals surface area contributed by atoms with Gasteiger partial charge in [-0.2, -0.15) is 0 Å². The average Bonchev–Trinajstić information content (AvgIpc) is 2.32. The van der Waals surface area contributed by atoms with Crippen molar-refractivity contribution in [3.8, 4) is 0 Å². The number of amides is 1. The second-order valence-electron chi connectivity index (χ2n) is 4.09. The lowest BCUT2D eigenvalue weighted by molar-refractivity contribution is -0.129. The number of hydrogen-bond acceptors (Lipinski definition) is 3. The minimum absolute atomic E-state index is 0.303. The van der Waals surface area contributed by atoms with E-state index in [2.05, 4.69) is 51.8 Å². The fourth-order valence-electron chi connectivity index (χ4n) is 1.91. The van der Waals surface area contributed by atoms with E-state index in [0.717, 1.165) is 13.1 Å². The molecule has 1 fully saturated rings. The highest BCUT2D eigenvalue weighted by molar-refractivity contribution is 14.1. The minimum atomic E-state index is -0.310. The number of morpholine rings is 1. The number of carbonyl (C=O) groups excluding carboxylic acids is 1. The van der Waals surface area contributed by atoms with Crippen LogP contribution in [-0.2, 0) is 16.1 Å². The molecule has 1 atom stereocenters. The molecule has 5 heteroatoms. The summed E-state index contributed by atoms with van der Waals surface area (Å²) < 4.78 is 6.49. The van der Waals surface area contributed by atoms with Crippen LogP contribution in [0.2, 0.25) is 0 Å². The summed E-state index contributed by atoms with van der Waals surface area (Å²) in [5.41, 5.74) is 6.57. The average molecular weight is 346 g/mol. The maximum absolute atomic E-state index is 11.3. The van der Waals surface area contributed by atoms with Crippen LogP contribution in [0.15, 0.2) is 24.3 Å². The third-order valence-electron chi connectivity index (χ3n) is 2.87. The van der Waals surface area contributed by atoms with Crippen molar-refractivity contribution in [2.75, 3.05) is 19.8 Å². The van der Waals surface area contributed by atoms with Crippen LogP contribution in [-0.4, -0.2) is 36.6 Å². The molecule has 2 N–H and O–H groups in total. The Balaban J connectivity index is 2.05. The highest BCUT2D eigenvalue weighted by Gasteiger charge is 2.27. The zero-order valence-electron chi connectivity index (χ0n) is 9.43. The number of primary amides is 1. The van der Waals surface area contributed by atoms with E-state index in [1.54, 1.807) is 0 Å². The summed E-state index contributed by atoms with van der Waals surface area (Å²) in [7, 11) is 0. The highest BCUT2D eigenvalue weighted by Crippen LogP contribution is 2.13. The van der Waals surface area contributed by atoms with Gasteiger partial charge >= 0.3 is 0 Å². The minimum Gasteiger partial charge on any atom is -0.378 e. The lowest BCUT2D eigenvalue weighted by Gasteiger charge is -2.33. The zero-order chi connectivity index (χ0) is 12.3. The molecule has 1 amide bonds. The number of nitrogens with two attached hydrogens (primary N) is 1. The van der Waals surface area contributed by atoms with Crippen LogP contribution in [0.4, 0.5) is 0 Å². The van der Waals surface area contributed by atoms with Crippen molar-refractivity contribution in [2.45, 2.75) is 12.6 Å². The Hall–Kier alpha value is -0.660. The van der Waals surface area contributed by atoms with Gasteiger partial charge in [-0.25, -0.2) is 0 Å².